The van der Waals surface area contributed by atoms with Gasteiger partial charge in [-0.3, -0.25) is 4.99 Å². The molecule has 1 aliphatic heterocycles. The second-order valence-electron chi connectivity index (χ2n) is 3.18. The highest BCUT2D eigenvalue weighted by Gasteiger charge is 2.25. The Morgan fingerprint density at radius 1 is 1.64 bits per heavy atom. The molecule has 0 aliphatic carbocycles. The van der Waals surface area contributed by atoms with Gasteiger partial charge in [0.25, 0.3) is 0 Å². The van der Waals surface area contributed by atoms with Crippen LogP contribution in [-0.2, 0) is 9.84 Å². The van der Waals surface area contributed by atoms with Crippen molar-refractivity contribution < 1.29 is 8.42 Å². The van der Waals surface area contributed by atoms with Crippen molar-refractivity contribution in [3.05, 3.63) is 11.8 Å². The predicted molar refractivity (Wildman–Crippen MR) is 57.1 cm³/mol. The van der Waals surface area contributed by atoms with Crippen molar-refractivity contribution in [2.24, 2.45) is 10.7 Å². The number of nitrogens with one attached hydrogen (secondary N) is 1. The van der Waals surface area contributed by atoms with Crippen molar-refractivity contribution in [3.8, 4) is 0 Å². The van der Waals surface area contributed by atoms with Gasteiger partial charge in [-0.25, -0.2) is 8.42 Å². The van der Waals surface area contributed by atoms with Crippen LogP contribution in [0, 0.1) is 0 Å². The molecule has 3 N–H and O–H groups in total. The third kappa shape index (κ3) is 2.81. The predicted octanol–water partition coefficient (Wildman–Crippen LogP) is -1.08. The van der Waals surface area contributed by atoms with Crippen molar-refractivity contribution in [2.45, 2.75) is 6.04 Å². The average molecular weight is 217 g/mol. The normalized spacial score (nSPS) is 28.1. The maximum absolute atomic E-state index is 11.3. The molecular formula is C8H15N3O2S. The van der Waals surface area contributed by atoms with Gasteiger partial charge < -0.3 is 11.1 Å². The van der Waals surface area contributed by atoms with E-state index in [1.54, 1.807) is 13.3 Å². The fourth-order valence-electron chi connectivity index (χ4n) is 1.40. The Morgan fingerprint density at radius 2 is 2.36 bits per heavy atom. The van der Waals surface area contributed by atoms with Gasteiger partial charge in [0.2, 0.25) is 0 Å². The minimum absolute atomic E-state index is 0.0993. The first-order valence-electron chi connectivity index (χ1n) is 4.37. The molecule has 80 valence electrons. The van der Waals surface area contributed by atoms with E-state index < -0.39 is 9.84 Å². The second kappa shape index (κ2) is 4.56. The van der Waals surface area contributed by atoms with Crippen molar-refractivity contribution in [1.82, 2.24) is 5.32 Å². The van der Waals surface area contributed by atoms with Crippen LogP contribution < -0.4 is 11.1 Å². The summed E-state index contributed by atoms with van der Waals surface area (Å²) < 4.78 is 22.7. The largest absolute Gasteiger partial charge is 0.404 e. The number of hydrogen-bond acceptors (Lipinski definition) is 5. The Labute approximate surface area is 84.0 Å². The third-order valence-electron chi connectivity index (χ3n) is 2.10. The van der Waals surface area contributed by atoms with Crippen LogP contribution in [0.2, 0.25) is 0 Å². The summed E-state index contributed by atoms with van der Waals surface area (Å²) in [6.07, 6.45) is 2.98. The number of nitrogens with two attached hydrogens (primary N) is 1. The summed E-state index contributed by atoms with van der Waals surface area (Å²) in [5, 5.41) is 3.09. The molecule has 0 aromatic heterocycles. The highest BCUT2D eigenvalue weighted by atomic mass is 32.2. The number of hydrogen-bond donors (Lipinski definition) is 2. The molecule has 0 aromatic carbocycles. The lowest BCUT2D eigenvalue weighted by molar-refractivity contribution is 0.552. The zero-order valence-electron chi connectivity index (χ0n) is 8.10. The van der Waals surface area contributed by atoms with Gasteiger partial charge in [0.05, 0.1) is 11.5 Å². The molecule has 0 amide bonds. The van der Waals surface area contributed by atoms with E-state index in [-0.39, 0.29) is 17.5 Å². The van der Waals surface area contributed by atoms with E-state index in [1.165, 1.54) is 6.20 Å². The summed E-state index contributed by atoms with van der Waals surface area (Å²) in [7, 11) is -1.30. The topological polar surface area (TPSA) is 84.5 Å². The molecule has 0 saturated carbocycles. The zero-order valence-corrected chi connectivity index (χ0v) is 8.92. The molecule has 0 radical (unpaired) electrons. The molecule has 5 nitrogen and oxygen atoms in total. The second-order valence-corrected chi connectivity index (χ2v) is 5.40. The Kier molecular flexibility index (Phi) is 3.65. The monoisotopic (exact) mass is 217 g/mol. The summed E-state index contributed by atoms with van der Waals surface area (Å²) in [5.41, 5.74) is 6.11. The standard InChI is InChI=1S/C8H15N3O2S/c1-10-5-7(4-9)8-6-14(12,13)3-2-11-8/h4-5,8,11H,2-3,6,9H2,1H3. The van der Waals surface area contributed by atoms with Crippen molar-refractivity contribution in [3.63, 3.8) is 0 Å². The van der Waals surface area contributed by atoms with Crippen LogP contribution in [-0.4, -0.2) is 45.8 Å². The lowest BCUT2D eigenvalue weighted by atomic mass is 10.1. The fourth-order valence-corrected chi connectivity index (χ4v) is 2.81. The molecule has 0 spiro atoms. The van der Waals surface area contributed by atoms with E-state index in [4.69, 9.17) is 5.73 Å². The Morgan fingerprint density at radius 3 is 2.86 bits per heavy atom. The van der Waals surface area contributed by atoms with Crippen molar-refractivity contribution in [2.75, 3.05) is 25.1 Å². The van der Waals surface area contributed by atoms with Gasteiger partial charge in [0, 0.05) is 37.6 Å². The van der Waals surface area contributed by atoms with Gasteiger partial charge in [-0.15, -0.1) is 0 Å². The van der Waals surface area contributed by atoms with Crippen LogP contribution in [0.4, 0.5) is 0 Å². The molecule has 0 bridgehead atoms. The zero-order chi connectivity index (χ0) is 10.6. The van der Waals surface area contributed by atoms with Crippen LogP contribution in [0.3, 0.4) is 0 Å². The first-order valence-corrected chi connectivity index (χ1v) is 6.19. The highest BCUT2D eigenvalue weighted by molar-refractivity contribution is 7.91. The minimum atomic E-state index is -2.93. The molecule has 1 heterocycles. The van der Waals surface area contributed by atoms with Gasteiger partial charge in [0.1, 0.15) is 0 Å². The number of aliphatic imine (C=N–C) groups is 1. The first kappa shape index (κ1) is 11.2. The smallest absolute Gasteiger partial charge is 0.153 e. The SMILES string of the molecule is CN=CC(=CN)C1CS(=O)(=O)CCN1. The summed E-state index contributed by atoms with van der Waals surface area (Å²) in [5.74, 6) is 0.298. The van der Waals surface area contributed by atoms with Crippen molar-refractivity contribution in [1.29, 1.82) is 0 Å². The van der Waals surface area contributed by atoms with Crippen LogP contribution in [0.5, 0.6) is 0 Å². The molecule has 6 heteroatoms. The molecule has 1 rings (SSSR count). The quantitative estimate of drug-likeness (QED) is 0.576. The van der Waals surface area contributed by atoms with Gasteiger partial charge in [-0.2, -0.15) is 0 Å². The van der Waals surface area contributed by atoms with Crippen LogP contribution in [0.15, 0.2) is 16.8 Å². The van der Waals surface area contributed by atoms with E-state index in [9.17, 15) is 8.42 Å². The van der Waals surface area contributed by atoms with E-state index in [0.717, 1.165) is 5.57 Å². The molecule has 1 atom stereocenters. The van der Waals surface area contributed by atoms with Gasteiger partial charge in [-0.1, -0.05) is 0 Å². The highest BCUT2D eigenvalue weighted by Crippen LogP contribution is 2.07. The van der Waals surface area contributed by atoms with E-state index >= 15 is 0 Å². The Hall–Kier alpha value is -0.880. The molecule has 1 unspecified atom stereocenters. The Balaban J connectivity index is 2.78. The van der Waals surface area contributed by atoms with Gasteiger partial charge in [0.15, 0.2) is 9.84 Å². The number of sulfone groups is 1. The van der Waals surface area contributed by atoms with E-state index in [2.05, 4.69) is 10.3 Å². The molecule has 1 aliphatic rings. The lowest BCUT2D eigenvalue weighted by Gasteiger charge is -2.23. The summed E-state index contributed by atoms with van der Waals surface area (Å²) >= 11 is 0. The molecule has 1 saturated heterocycles. The summed E-state index contributed by atoms with van der Waals surface area (Å²) in [4.78, 5) is 3.82. The number of rotatable bonds is 2. The maximum atomic E-state index is 11.3. The number of nitrogens with zero attached hydrogens (tertiary/aromatic N) is 1. The fraction of sp³-hybridized carbons (Fsp3) is 0.625. The van der Waals surface area contributed by atoms with E-state index in [0.29, 0.717) is 6.54 Å². The summed E-state index contributed by atoms with van der Waals surface area (Å²) in [6.45, 7) is 0.474. The molecule has 1 fully saturated rings. The molecule has 0 aromatic rings. The van der Waals surface area contributed by atoms with Crippen LogP contribution >= 0.6 is 0 Å². The van der Waals surface area contributed by atoms with Gasteiger partial charge >= 0.3 is 0 Å². The Bertz CT molecular complexity index is 346. The maximum Gasteiger partial charge on any atom is 0.153 e. The van der Waals surface area contributed by atoms with Gasteiger partial charge in [-0.05, 0) is 0 Å². The molecule has 14 heavy (non-hydrogen) atoms. The summed E-state index contributed by atoms with van der Waals surface area (Å²) in [6, 6.07) is -0.220. The average Bonchev–Trinajstić information content (AvgIpc) is 2.12. The van der Waals surface area contributed by atoms with Crippen LogP contribution in [0.25, 0.3) is 0 Å². The third-order valence-corrected chi connectivity index (χ3v) is 3.76. The van der Waals surface area contributed by atoms with Crippen molar-refractivity contribution >= 4 is 16.1 Å². The minimum Gasteiger partial charge on any atom is -0.404 e. The van der Waals surface area contributed by atoms with E-state index in [1.807, 2.05) is 0 Å². The first-order chi connectivity index (χ1) is 6.59. The lowest BCUT2D eigenvalue weighted by Crippen LogP contribution is -2.46. The molecular weight excluding hydrogens is 202 g/mol. The van der Waals surface area contributed by atoms with Crippen LogP contribution in [0.1, 0.15) is 0 Å².